The van der Waals surface area contributed by atoms with Gasteiger partial charge in [-0.05, 0) is 73.9 Å². The Bertz CT molecular complexity index is 1160. The van der Waals surface area contributed by atoms with Gasteiger partial charge in [-0.3, -0.25) is 9.78 Å². The highest BCUT2D eigenvalue weighted by atomic mass is 16.3. The number of Topliss-reactive ketones (excluding diaryl/α,β-unsaturated/α-hetero) is 1. The van der Waals surface area contributed by atoms with E-state index in [4.69, 9.17) is 5.73 Å². The summed E-state index contributed by atoms with van der Waals surface area (Å²) in [7, 11) is 0. The van der Waals surface area contributed by atoms with Crippen LogP contribution in [0.5, 0.6) is 5.75 Å². The van der Waals surface area contributed by atoms with E-state index < -0.39 is 0 Å². The first-order valence-corrected chi connectivity index (χ1v) is 11.5. The summed E-state index contributed by atoms with van der Waals surface area (Å²) in [5.74, 6) is 0.364. The minimum atomic E-state index is -0.231. The lowest BCUT2D eigenvalue weighted by molar-refractivity contribution is 0.0968. The van der Waals surface area contributed by atoms with Crippen LogP contribution in [0.25, 0.3) is 22.0 Å². The molecule has 1 aromatic heterocycles. The fourth-order valence-electron chi connectivity index (χ4n) is 4.64. The number of nitrogens with zero attached hydrogens (tertiary/aromatic N) is 1. The van der Waals surface area contributed by atoms with Crippen LogP contribution in [0.3, 0.4) is 0 Å². The molecule has 2 saturated carbocycles. The summed E-state index contributed by atoms with van der Waals surface area (Å²) in [4.78, 5) is 17.7. The Labute approximate surface area is 187 Å². The number of benzene rings is 2. The number of hydrogen-bond donors (Lipinski definition) is 4. The summed E-state index contributed by atoms with van der Waals surface area (Å²) in [5.41, 5.74) is 10.8. The highest BCUT2D eigenvalue weighted by Crippen LogP contribution is 2.38. The quantitative estimate of drug-likeness (QED) is 0.432. The molecule has 2 fully saturated rings. The Kier molecular flexibility index (Phi) is 5.57. The predicted molar refractivity (Wildman–Crippen MR) is 126 cm³/mol. The Morgan fingerprint density at radius 1 is 1.03 bits per heavy atom. The molecule has 0 atom stereocenters. The van der Waals surface area contributed by atoms with Gasteiger partial charge < -0.3 is 21.3 Å². The second-order valence-electron chi connectivity index (χ2n) is 9.17. The van der Waals surface area contributed by atoms with Gasteiger partial charge in [0.15, 0.2) is 5.78 Å². The van der Waals surface area contributed by atoms with Gasteiger partial charge in [-0.2, -0.15) is 0 Å². The number of aromatic nitrogens is 1. The smallest absolute Gasteiger partial charge is 0.169 e. The second kappa shape index (κ2) is 8.52. The van der Waals surface area contributed by atoms with Crippen LogP contribution in [0.15, 0.2) is 42.6 Å². The van der Waals surface area contributed by atoms with Crippen LogP contribution in [-0.2, 0) is 6.61 Å². The third-order valence-electron chi connectivity index (χ3n) is 6.79. The summed E-state index contributed by atoms with van der Waals surface area (Å²) >= 11 is 0. The third kappa shape index (κ3) is 4.08. The molecule has 0 unspecified atom stereocenters. The monoisotopic (exact) mass is 431 g/mol. The van der Waals surface area contributed by atoms with Crippen molar-refractivity contribution in [2.24, 2.45) is 11.7 Å². The summed E-state index contributed by atoms with van der Waals surface area (Å²) in [6.45, 7) is -0.231. The van der Waals surface area contributed by atoms with Crippen LogP contribution in [-0.4, -0.2) is 33.1 Å². The zero-order valence-electron chi connectivity index (χ0n) is 18.1. The van der Waals surface area contributed by atoms with E-state index in [9.17, 15) is 15.0 Å². The Hall–Kier alpha value is -2.96. The zero-order valence-corrected chi connectivity index (χ0v) is 18.1. The van der Waals surface area contributed by atoms with Crippen LogP contribution >= 0.6 is 0 Å². The van der Waals surface area contributed by atoms with Crippen LogP contribution in [0.4, 0.5) is 5.69 Å². The number of rotatable bonds is 6. The molecule has 0 amide bonds. The van der Waals surface area contributed by atoms with E-state index in [1.165, 1.54) is 0 Å². The Morgan fingerprint density at radius 2 is 1.75 bits per heavy atom. The summed E-state index contributed by atoms with van der Waals surface area (Å²) < 4.78 is 0. The number of carbonyl (C=O) groups is 1. The van der Waals surface area contributed by atoms with Crippen molar-refractivity contribution < 1.29 is 15.0 Å². The molecule has 166 valence electrons. The van der Waals surface area contributed by atoms with Crippen molar-refractivity contribution in [3.63, 3.8) is 0 Å². The van der Waals surface area contributed by atoms with Crippen molar-refractivity contribution in [1.29, 1.82) is 0 Å². The molecule has 6 nitrogen and oxygen atoms in total. The van der Waals surface area contributed by atoms with Gasteiger partial charge in [0.25, 0.3) is 0 Å². The molecular weight excluding hydrogens is 402 g/mol. The number of hydrogen-bond acceptors (Lipinski definition) is 6. The summed E-state index contributed by atoms with van der Waals surface area (Å²) in [6.07, 6.45) is 7.56. The number of ketones is 1. The lowest BCUT2D eigenvalue weighted by Gasteiger charge is -2.29. The molecule has 32 heavy (non-hydrogen) atoms. The van der Waals surface area contributed by atoms with E-state index in [1.807, 2.05) is 18.2 Å². The Morgan fingerprint density at radius 3 is 2.47 bits per heavy atom. The van der Waals surface area contributed by atoms with E-state index in [0.29, 0.717) is 11.1 Å². The van der Waals surface area contributed by atoms with Gasteiger partial charge in [-0.25, -0.2) is 0 Å². The first-order valence-electron chi connectivity index (χ1n) is 11.5. The first kappa shape index (κ1) is 20.9. The number of pyridine rings is 1. The number of anilines is 1. The number of aliphatic hydroxyl groups excluding tert-OH is 1. The van der Waals surface area contributed by atoms with Crippen LogP contribution in [0, 0.1) is 5.92 Å². The van der Waals surface area contributed by atoms with Crippen molar-refractivity contribution >= 4 is 22.4 Å². The van der Waals surface area contributed by atoms with Gasteiger partial charge in [0.1, 0.15) is 5.75 Å². The third-order valence-corrected chi connectivity index (χ3v) is 6.79. The van der Waals surface area contributed by atoms with Crippen molar-refractivity contribution in [3.8, 4) is 16.9 Å². The molecule has 3 aromatic rings. The molecular formula is C26H29N3O3. The lowest BCUT2D eigenvalue weighted by Crippen LogP contribution is -2.33. The summed E-state index contributed by atoms with van der Waals surface area (Å²) in [6, 6.07) is 11.8. The standard InChI is InChI=1S/C26H29N3O3/c27-19-5-7-20(8-6-19)29-25-21-12-17(16-4-10-24(31)18(11-16)14-30)3-9-23(21)28-13-22(25)26(32)15-1-2-15/h3-4,9-13,15,19-20,30-31H,1-2,5-8,14,27H2,(H,28,29)/t19-,20-. The predicted octanol–water partition coefficient (Wildman–Crippen LogP) is 4.37. The molecule has 0 aliphatic heterocycles. The van der Waals surface area contributed by atoms with Gasteiger partial charge >= 0.3 is 0 Å². The van der Waals surface area contributed by atoms with Crippen molar-refractivity contribution in [2.45, 2.75) is 57.2 Å². The van der Waals surface area contributed by atoms with Crippen LogP contribution in [0.2, 0.25) is 0 Å². The molecule has 0 bridgehead atoms. The number of aromatic hydroxyl groups is 1. The van der Waals surface area contributed by atoms with Gasteiger partial charge in [0, 0.05) is 35.1 Å². The minimum absolute atomic E-state index is 0.0777. The van der Waals surface area contributed by atoms with Gasteiger partial charge in [-0.15, -0.1) is 0 Å². The first-order chi connectivity index (χ1) is 15.5. The molecule has 5 rings (SSSR count). The average Bonchev–Trinajstić information content (AvgIpc) is 3.66. The normalized spacial score (nSPS) is 20.9. The molecule has 0 spiro atoms. The molecule has 2 aliphatic carbocycles. The maximum Gasteiger partial charge on any atom is 0.169 e. The van der Waals surface area contributed by atoms with Gasteiger partial charge in [0.2, 0.25) is 0 Å². The highest BCUT2D eigenvalue weighted by molar-refractivity contribution is 6.10. The van der Waals surface area contributed by atoms with Crippen molar-refractivity contribution in [1.82, 2.24) is 4.98 Å². The van der Waals surface area contributed by atoms with E-state index in [2.05, 4.69) is 16.4 Å². The number of aliphatic hydroxyl groups is 1. The van der Waals surface area contributed by atoms with E-state index in [-0.39, 0.29) is 36.1 Å². The second-order valence-corrected chi connectivity index (χ2v) is 9.17. The van der Waals surface area contributed by atoms with Crippen LogP contribution in [0.1, 0.15) is 54.4 Å². The van der Waals surface area contributed by atoms with Crippen molar-refractivity contribution in [2.75, 3.05) is 5.32 Å². The lowest BCUT2D eigenvalue weighted by atomic mass is 9.91. The number of carbonyl (C=O) groups excluding carboxylic acids is 1. The molecule has 5 N–H and O–H groups in total. The highest BCUT2D eigenvalue weighted by Gasteiger charge is 2.33. The average molecular weight is 432 g/mol. The largest absolute Gasteiger partial charge is 0.508 e. The molecule has 1 heterocycles. The van der Waals surface area contributed by atoms with Gasteiger partial charge in [-0.1, -0.05) is 12.1 Å². The topological polar surface area (TPSA) is 108 Å². The van der Waals surface area contributed by atoms with Crippen LogP contribution < -0.4 is 11.1 Å². The van der Waals surface area contributed by atoms with Crippen molar-refractivity contribution in [3.05, 3.63) is 53.7 Å². The van der Waals surface area contributed by atoms with E-state index >= 15 is 0 Å². The molecule has 6 heteroatoms. The Balaban J connectivity index is 1.60. The maximum absolute atomic E-state index is 13.1. The number of phenols is 1. The SMILES string of the molecule is N[C@H]1CC[C@H](Nc2c(C(=O)C3CC3)cnc3ccc(-c4ccc(O)c(CO)c4)cc23)CC1. The van der Waals surface area contributed by atoms with E-state index in [0.717, 1.165) is 66.2 Å². The number of fused-ring (bicyclic) bond motifs is 1. The summed E-state index contributed by atoms with van der Waals surface area (Å²) in [5, 5.41) is 24.1. The van der Waals surface area contributed by atoms with Gasteiger partial charge in [0.05, 0.1) is 23.4 Å². The number of nitrogens with one attached hydrogen (secondary N) is 1. The maximum atomic E-state index is 13.1. The zero-order chi connectivity index (χ0) is 22.2. The molecule has 0 radical (unpaired) electrons. The fraction of sp³-hybridized carbons (Fsp3) is 0.385. The number of nitrogens with two attached hydrogens (primary N) is 1. The minimum Gasteiger partial charge on any atom is -0.508 e. The molecule has 0 saturated heterocycles. The molecule has 2 aromatic carbocycles. The molecule has 2 aliphatic rings. The fourth-order valence-corrected chi connectivity index (χ4v) is 4.64. The van der Waals surface area contributed by atoms with E-state index in [1.54, 1.807) is 18.3 Å².